The first-order valence-corrected chi connectivity index (χ1v) is 5.47. The van der Waals surface area contributed by atoms with Crippen LogP contribution in [0.2, 0.25) is 0 Å². The van der Waals surface area contributed by atoms with Crippen molar-refractivity contribution < 1.29 is 9.59 Å². The van der Waals surface area contributed by atoms with E-state index >= 15 is 0 Å². The molecular weight excluding hydrogens is 202 g/mol. The van der Waals surface area contributed by atoms with Gasteiger partial charge in [0, 0.05) is 0 Å². The molecule has 0 bridgehead atoms. The molecule has 0 radical (unpaired) electrons. The fraction of sp³-hybridized carbons (Fsp3) is 0.385. The molecule has 1 aliphatic rings. The Bertz CT molecular complexity index is 273. The Morgan fingerprint density at radius 3 is 1.44 bits per heavy atom. The Morgan fingerprint density at radius 1 is 1.00 bits per heavy atom. The molecule has 3 nitrogen and oxygen atoms in total. The molecular formula is C13H21NO2. The molecule has 0 aromatic carbocycles. The summed E-state index contributed by atoms with van der Waals surface area (Å²) in [5.41, 5.74) is 0.593. The van der Waals surface area contributed by atoms with Crippen LogP contribution in [-0.4, -0.2) is 11.8 Å². The third-order valence-electron chi connectivity index (χ3n) is 1.41. The molecule has 0 spiro atoms. The maximum Gasteiger partial charge on any atom is 0.258 e. The van der Waals surface area contributed by atoms with E-state index in [-0.39, 0.29) is 0 Å². The highest BCUT2D eigenvalue weighted by molar-refractivity contribution is 6.21. The smallest absolute Gasteiger partial charge is 0.258 e. The van der Waals surface area contributed by atoms with Crippen molar-refractivity contribution in [3.8, 4) is 0 Å². The van der Waals surface area contributed by atoms with Gasteiger partial charge in [0.05, 0.1) is 11.1 Å². The van der Waals surface area contributed by atoms with Gasteiger partial charge in [0.15, 0.2) is 0 Å². The van der Waals surface area contributed by atoms with Crippen LogP contribution in [0.25, 0.3) is 0 Å². The van der Waals surface area contributed by atoms with Crippen LogP contribution in [0.5, 0.6) is 0 Å². The van der Waals surface area contributed by atoms with Crippen molar-refractivity contribution in [1.82, 2.24) is 5.32 Å². The van der Waals surface area contributed by atoms with E-state index in [9.17, 15) is 9.59 Å². The number of hydrogen-bond acceptors (Lipinski definition) is 2. The van der Waals surface area contributed by atoms with Crippen molar-refractivity contribution in [3.63, 3.8) is 0 Å². The zero-order chi connectivity index (χ0) is 13.1. The minimum absolute atomic E-state index is 0.296. The van der Waals surface area contributed by atoms with E-state index in [1.807, 2.05) is 13.8 Å². The first-order valence-electron chi connectivity index (χ1n) is 5.47. The molecule has 0 saturated heterocycles. The minimum atomic E-state index is -0.403. The number of amides is 2. The van der Waals surface area contributed by atoms with Crippen molar-refractivity contribution in [3.05, 3.63) is 36.5 Å². The zero-order valence-electron chi connectivity index (χ0n) is 10.6. The zero-order valence-corrected chi connectivity index (χ0v) is 10.6. The predicted molar refractivity (Wildman–Crippen MR) is 67.9 cm³/mol. The molecule has 0 unspecified atom stereocenters. The summed E-state index contributed by atoms with van der Waals surface area (Å²) in [7, 11) is 0. The molecule has 1 aliphatic heterocycles. The summed E-state index contributed by atoms with van der Waals surface area (Å²) in [6.45, 7) is 15.1. The Hall–Kier alpha value is -1.64. The molecule has 1 rings (SSSR count). The van der Waals surface area contributed by atoms with Gasteiger partial charge in [-0.2, -0.15) is 0 Å². The maximum atomic E-state index is 10.9. The highest BCUT2D eigenvalue weighted by atomic mass is 16.2. The van der Waals surface area contributed by atoms with Gasteiger partial charge in [0.2, 0.25) is 0 Å². The van der Waals surface area contributed by atoms with Gasteiger partial charge in [-0.1, -0.05) is 59.4 Å². The second-order valence-electron chi connectivity index (χ2n) is 2.73. The van der Waals surface area contributed by atoms with Gasteiger partial charge in [-0.05, 0) is 0 Å². The van der Waals surface area contributed by atoms with Crippen LogP contribution in [0.4, 0.5) is 0 Å². The molecule has 90 valence electrons. The van der Waals surface area contributed by atoms with Crippen LogP contribution in [0.1, 0.15) is 34.1 Å². The summed E-state index contributed by atoms with van der Waals surface area (Å²) in [5, 5.41) is 2.12. The van der Waals surface area contributed by atoms with E-state index in [1.54, 1.807) is 0 Å². The largest absolute Gasteiger partial charge is 0.288 e. The molecule has 0 aromatic rings. The fourth-order valence-electron chi connectivity index (χ4n) is 0.888. The Morgan fingerprint density at radius 2 is 1.25 bits per heavy atom. The molecule has 1 N–H and O–H groups in total. The minimum Gasteiger partial charge on any atom is -0.288 e. The van der Waals surface area contributed by atoms with Crippen molar-refractivity contribution in [1.29, 1.82) is 0 Å². The highest BCUT2D eigenvalue weighted by Gasteiger charge is 2.25. The quantitative estimate of drug-likeness (QED) is 0.732. The van der Waals surface area contributed by atoms with Gasteiger partial charge < -0.3 is 0 Å². The lowest BCUT2D eigenvalue weighted by Crippen LogP contribution is -2.22. The van der Waals surface area contributed by atoms with Gasteiger partial charge in [-0.3, -0.25) is 14.9 Å². The maximum absolute atomic E-state index is 10.9. The van der Waals surface area contributed by atoms with Gasteiger partial charge in [0.25, 0.3) is 11.8 Å². The van der Waals surface area contributed by atoms with Crippen LogP contribution in [-0.2, 0) is 9.59 Å². The molecule has 0 atom stereocenters. The van der Waals surface area contributed by atoms with Crippen LogP contribution in [0, 0.1) is 0 Å². The van der Waals surface area contributed by atoms with E-state index in [2.05, 4.69) is 32.3 Å². The molecule has 0 aliphatic carbocycles. The summed E-state index contributed by atoms with van der Waals surface area (Å²) in [6, 6.07) is 0. The lowest BCUT2D eigenvalue weighted by Gasteiger charge is -1.86. The summed E-state index contributed by atoms with van der Waals surface area (Å²) in [4.78, 5) is 21.8. The van der Waals surface area contributed by atoms with Crippen molar-refractivity contribution in [2.24, 2.45) is 0 Å². The predicted octanol–water partition coefficient (Wildman–Crippen LogP) is 2.75. The second-order valence-corrected chi connectivity index (χ2v) is 2.73. The molecule has 0 aromatic heterocycles. The average molecular weight is 223 g/mol. The van der Waals surface area contributed by atoms with E-state index < -0.39 is 11.8 Å². The SMILES string of the molecule is C=CC1=C(C=C)C(=O)NC1=O.CC.CCC. The molecule has 0 fully saturated rings. The van der Waals surface area contributed by atoms with Crippen molar-refractivity contribution in [2.75, 3.05) is 0 Å². The van der Waals surface area contributed by atoms with E-state index in [0.717, 1.165) is 0 Å². The number of carbonyl (C=O) groups is 2. The molecule has 0 saturated carbocycles. The second kappa shape index (κ2) is 9.90. The first kappa shape index (κ1) is 16.8. The topological polar surface area (TPSA) is 46.2 Å². The third kappa shape index (κ3) is 4.73. The van der Waals surface area contributed by atoms with Gasteiger partial charge in [-0.25, -0.2) is 0 Å². The van der Waals surface area contributed by atoms with E-state index in [0.29, 0.717) is 11.1 Å². The Balaban J connectivity index is 0. The van der Waals surface area contributed by atoms with Crippen LogP contribution in [0.3, 0.4) is 0 Å². The van der Waals surface area contributed by atoms with Crippen LogP contribution >= 0.6 is 0 Å². The van der Waals surface area contributed by atoms with E-state index in [1.165, 1.54) is 18.6 Å². The first-order chi connectivity index (χ1) is 7.62. The van der Waals surface area contributed by atoms with Gasteiger partial charge in [-0.15, -0.1) is 0 Å². The van der Waals surface area contributed by atoms with Crippen LogP contribution < -0.4 is 5.32 Å². The van der Waals surface area contributed by atoms with E-state index in [4.69, 9.17) is 0 Å². The normalized spacial score (nSPS) is 13.0. The summed E-state index contributed by atoms with van der Waals surface area (Å²) < 4.78 is 0. The Kier molecular flexibility index (Phi) is 10.4. The number of imide groups is 1. The van der Waals surface area contributed by atoms with Gasteiger partial charge >= 0.3 is 0 Å². The number of nitrogens with one attached hydrogen (secondary N) is 1. The summed E-state index contributed by atoms with van der Waals surface area (Å²) >= 11 is 0. The van der Waals surface area contributed by atoms with Crippen molar-refractivity contribution >= 4 is 11.8 Å². The molecule has 16 heavy (non-hydrogen) atoms. The lowest BCUT2D eigenvalue weighted by atomic mass is 10.1. The monoisotopic (exact) mass is 223 g/mol. The fourth-order valence-corrected chi connectivity index (χ4v) is 0.888. The summed E-state index contributed by atoms with van der Waals surface area (Å²) in [6.07, 6.45) is 3.94. The van der Waals surface area contributed by atoms with Crippen molar-refractivity contribution in [2.45, 2.75) is 34.1 Å². The third-order valence-corrected chi connectivity index (χ3v) is 1.41. The highest BCUT2D eigenvalue weighted by Crippen LogP contribution is 2.13. The lowest BCUT2D eigenvalue weighted by molar-refractivity contribution is -0.123. The number of rotatable bonds is 2. The average Bonchev–Trinajstić information content (AvgIpc) is 2.56. The standard InChI is InChI=1S/C8H7NO2.C3H8.C2H6/c1-3-5-6(4-2)8(11)9-7(5)10;1-3-2;1-2/h3-4H,1-2H2,(H,9,10,11);3H2,1-2H3;1-2H3. The summed E-state index contributed by atoms with van der Waals surface area (Å²) in [5.74, 6) is -0.806. The van der Waals surface area contributed by atoms with Gasteiger partial charge in [0.1, 0.15) is 0 Å². The number of carbonyl (C=O) groups excluding carboxylic acids is 2. The molecule has 1 heterocycles. The Labute approximate surface area is 97.9 Å². The molecule has 2 amide bonds. The molecule has 3 heteroatoms. The van der Waals surface area contributed by atoms with Crippen LogP contribution in [0.15, 0.2) is 36.5 Å². The number of hydrogen-bond donors (Lipinski definition) is 1.